The topological polar surface area (TPSA) is 25.8 Å². The second kappa shape index (κ2) is 4.70. The fraction of sp³-hybridized carbons (Fsp3) is 0.200. The van der Waals surface area contributed by atoms with Gasteiger partial charge in [-0.05, 0) is 12.0 Å². The summed E-state index contributed by atoms with van der Waals surface area (Å²) in [6, 6.07) is 7.48. The number of para-hydroxylation sites is 1. The van der Waals surface area contributed by atoms with Gasteiger partial charge in [-0.15, -0.1) is 11.3 Å². The first-order valence-electron chi connectivity index (χ1n) is 6.08. The zero-order valence-electron chi connectivity index (χ0n) is 10.6. The first kappa shape index (κ1) is 12.2. The van der Waals surface area contributed by atoms with Gasteiger partial charge < -0.3 is 0 Å². The Kier molecular flexibility index (Phi) is 3.03. The van der Waals surface area contributed by atoms with Gasteiger partial charge in [-0.3, -0.25) is 0 Å². The first-order valence-corrected chi connectivity index (χ1v) is 6.96. The van der Waals surface area contributed by atoms with Crippen LogP contribution in [0.5, 0.6) is 0 Å². The molecule has 0 N–H and O–H groups in total. The van der Waals surface area contributed by atoms with Gasteiger partial charge in [0, 0.05) is 10.8 Å². The summed E-state index contributed by atoms with van der Waals surface area (Å²) in [4.78, 5) is 8.51. The van der Waals surface area contributed by atoms with Crippen LogP contribution < -0.4 is 0 Å². The number of nitrogens with zero attached hydrogens (tertiary/aromatic N) is 2. The summed E-state index contributed by atoms with van der Waals surface area (Å²) in [6.07, 6.45) is 2.43. The molecule has 0 atom stereocenters. The Bertz CT molecular complexity index is 734. The van der Waals surface area contributed by atoms with Crippen LogP contribution in [0.25, 0.3) is 21.5 Å². The molecule has 2 nitrogen and oxygen atoms in total. The molecule has 0 unspecified atom stereocenters. The SMILES string of the molecule is CC(C)c1csc(-c2c(F)[c]nc3ccccc23)n1. The van der Waals surface area contributed by atoms with Gasteiger partial charge in [-0.1, -0.05) is 32.0 Å². The number of aromatic nitrogens is 2. The molecule has 0 saturated heterocycles. The number of thiazole rings is 1. The van der Waals surface area contributed by atoms with Crippen molar-refractivity contribution < 1.29 is 4.39 Å². The average molecular weight is 271 g/mol. The summed E-state index contributed by atoms with van der Waals surface area (Å²) in [7, 11) is 0. The number of fused-ring (bicyclic) bond motifs is 1. The maximum atomic E-state index is 14.1. The van der Waals surface area contributed by atoms with E-state index < -0.39 is 5.82 Å². The highest BCUT2D eigenvalue weighted by Crippen LogP contribution is 2.33. The van der Waals surface area contributed by atoms with Gasteiger partial charge in [-0.25, -0.2) is 14.4 Å². The van der Waals surface area contributed by atoms with Crippen molar-refractivity contribution >= 4 is 22.2 Å². The molecule has 0 saturated carbocycles. The van der Waals surface area contributed by atoms with Gasteiger partial charge in [0.15, 0.2) is 5.82 Å². The predicted octanol–water partition coefficient (Wildman–Crippen LogP) is 4.42. The summed E-state index contributed by atoms with van der Waals surface area (Å²) < 4.78 is 14.1. The van der Waals surface area contributed by atoms with E-state index in [1.807, 2.05) is 29.6 Å². The standard InChI is InChI=1S/C15H12FN2S/c1-9(2)13-8-19-15(18-13)14-10-5-3-4-6-12(10)17-7-11(14)16/h3-6,8-9H,1-2H3. The summed E-state index contributed by atoms with van der Waals surface area (Å²) in [5, 5.41) is 3.45. The molecule has 3 aromatic rings. The monoisotopic (exact) mass is 271 g/mol. The van der Waals surface area contributed by atoms with Gasteiger partial charge in [0.1, 0.15) is 11.2 Å². The van der Waals surface area contributed by atoms with Crippen molar-refractivity contribution in [3.8, 4) is 10.6 Å². The molecule has 0 aliphatic heterocycles. The number of hydrogen-bond acceptors (Lipinski definition) is 3. The van der Waals surface area contributed by atoms with Crippen molar-refractivity contribution in [3.05, 3.63) is 47.4 Å². The van der Waals surface area contributed by atoms with E-state index in [2.05, 4.69) is 30.0 Å². The van der Waals surface area contributed by atoms with Gasteiger partial charge in [-0.2, -0.15) is 0 Å². The molecule has 3 rings (SSSR count). The molecule has 4 heteroatoms. The Morgan fingerprint density at radius 1 is 1.26 bits per heavy atom. The van der Waals surface area contributed by atoms with Crippen LogP contribution in [0.2, 0.25) is 0 Å². The van der Waals surface area contributed by atoms with E-state index in [0.717, 1.165) is 16.6 Å². The van der Waals surface area contributed by atoms with Crippen molar-refractivity contribution in [2.75, 3.05) is 0 Å². The molecule has 1 aromatic carbocycles. The third-order valence-electron chi connectivity index (χ3n) is 2.99. The predicted molar refractivity (Wildman–Crippen MR) is 75.7 cm³/mol. The Labute approximate surface area is 115 Å². The maximum absolute atomic E-state index is 14.1. The summed E-state index contributed by atoms with van der Waals surface area (Å²) in [6.45, 7) is 4.15. The van der Waals surface area contributed by atoms with E-state index in [0.29, 0.717) is 16.5 Å². The smallest absolute Gasteiger partial charge is 0.162 e. The molecule has 0 fully saturated rings. The molecule has 19 heavy (non-hydrogen) atoms. The minimum atomic E-state index is -0.441. The van der Waals surface area contributed by atoms with Gasteiger partial charge in [0.25, 0.3) is 0 Å². The summed E-state index contributed by atoms with van der Waals surface area (Å²) in [5.74, 6) is -0.103. The molecule has 0 bridgehead atoms. The normalized spacial score (nSPS) is 11.4. The second-order valence-electron chi connectivity index (χ2n) is 4.66. The van der Waals surface area contributed by atoms with E-state index in [-0.39, 0.29) is 0 Å². The van der Waals surface area contributed by atoms with Crippen LogP contribution in [0, 0.1) is 12.0 Å². The van der Waals surface area contributed by atoms with Crippen LogP contribution >= 0.6 is 11.3 Å². The molecule has 2 aromatic heterocycles. The number of rotatable bonds is 2. The Balaban J connectivity index is 2.25. The number of halogens is 1. The lowest BCUT2D eigenvalue weighted by molar-refractivity contribution is 0.624. The summed E-state index contributed by atoms with van der Waals surface area (Å²) in [5.41, 5.74) is 2.22. The molecule has 0 aliphatic carbocycles. The van der Waals surface area contributed by atoms with Crippen molar-refractivity contribution in [1.29, 1.82) is 0 Å². The highest BCUT2D eigenvalue weighted by Gasteiger charge is 2.15. The quantitative estimate of drug-likeness (QED) is 0.689. The lowest BCUT2D eigenvalue weighted by atomic mass is 10.1. The minimum absolute atomic E-state index is 0.338. The molecular weight excluding hydrogens is 259 g/mol. The van der Waals surface area contributed by atoms with E-state index in [1.165, 1.54) is 11.3 Å². The second-order valence-corrected chi connectivity index (χ2v) is 5.52. The van der Waals surface area contributed by atoms with Crippen molar-refractivity contribution in [1.82, 2.24) is 9.97 Å². The minimum Gasteiger partial charge on any atom is -0.243 e. The molecule has 95 valence electrons. The fourth-order valence-electron chi connectivity index (χ4n) is 1.94. The maximum Gasteiger partial charge on any atom is 0.162 e. The fourth-order valence-corrected chi connectivity index (χ4v) is 2.97. The van der Waals surface area contributed by atoms with Crippen molar-refractivity contribution in [2.24, 2.45) is 0 Å². The molecule has 0 amide bonds. The zero-order chi connectivity index (χ0) is 13.4. The molecule has 1 radical (unpaired) electrons. The van der Waals surface area contributed by atoms with E-state index in [9.17, 15) is 4.39 Å². The van der Waals surface area contributed by atoms with Crippen LogP contribution in [0.1, 0.15) is 25.5 Å². The van der Waals surface area contributed by atoms with Gasteiger partial charge in [0.2, 0.25) is 0 Å². The third kappa shape index (κ3) is 2.12. The Morgan fingerprint density at radius 2 is 2.05 bits per heavy atom. The highest BCUT2D eigenvalue weighted by molar-refractivity contribution is 7.13. The number of pyridine rings is 1. The summed E-state index contributed by atoms with van der Waals surface area (Å²) >= 11 is 1.46. The highest BCUT2D eigenvalue weighted by atomic mass is 32.1. The zero-order valence-corrected chi connectivity index (χ0v) is 11.5. The van der Waals surface area contributed by atoms with E-state index in [4.69, 9.17) is 0 Å². The van der Waals surface area contributed by atoms with Gasteiger partial charge in [0.05, 0.1) is 16.8 Å². The van der Waals surface area contributed by atoms with Crippen LogP contribution in [0.15, 0.2) is 29.6 Å². The molecule has 0 spiro atoms. The first-order chi connectivity index (χ1) is 9.16. The van der Waals surface area contributed by atoms with Crippen molar-refractivity contribution in [3.63, 3.8) is 0 Å². The number of hydrogen-bond donors (Lipinski definition) is 0. The van der Waals surface area contributed by atoms with Gasteiger partial charge >= 0.3 is 0 Å². The van der Waals surface area contributed by atoms with Crippen LogP contribution in [-0.2, 0) is 0 Å². The molecule has 0 aliphatic rings. The molecule has 2 heterocycles. The lowest BCUT2D eigenvalue weighted by Gasteiger charge is -2.04. The van der Waals surface area contributed by atoms with Crippen LogP contribution in [0.4, 0.5) is 4.39 Å². The Hall–Kier alpha value is -1.81. The van der Waals surface area contributed by atoms with Crippen LogP contribution in [-0.4, -0.2) is 9.97 Å². The van der Waals surface area contributed by atoms with Crippen LogP contribution in [0.3, 0.4) is 0 Å². The van der Waals surface area contributed by atoms with E-state index in [1.54, 1.807) is 0 Å². The Morgan fingerprint density at radius 3 is 2.79 bits per heavy atom. The lowest BCUT2D eigenvalue weighted by Crippen LogP contribution is -1.92. The number of benzene rings is 1. The van der Waals surface area contributed by atoms with E-state index >= 15 is 0 Å². The third-order valence-corrected chi connectivity index (χ3v) is 3.87. The largest absolute Gasteiger partial charge is 0.243 e. The molecular formula is C15H12FN2S. The average Bonchev–Trinajstić information content (AvgIpc) is 2.88. The van der Waals surface area contributed by atoms with Crippen molar-refractivity contribution in [2.45, 2.75) is 19.8 Å².